The van der Waals surface area contributed by atoms with Crippen LogP contribution in [0.5, 0.6) is 17.2 Å². The molecule has 0 N–H and O–H groups in total. The molecule has 0 radical (unpaired) electrons. The van der Waals surface area contributed by atoms with E-state index in [2.05, 4.69) is 15.9 Å². The second-order valence-electron chi connectivity index (χ2n) is 6.24. The lowest BCUT2D eigenvalue weighted by Gasteiger charge is -2.10. The molecule has 0 spiro atoms. The summed E-state index contributed by atoms with van der Waals surface area (Å²) in [4.78, 5) is 25.9. The van der Waals surface area contributed by atoms with Gasteiger partial charge in [0.1, 0.15) is 22.8 Å². The highest BCUT2D eigenvalue weighted by molar-refractivity contribution is 9.10. The van der Waals surface area contributed by atoms with E-state index in [-0.39, 0.29) is 23.6 Å². The average Bonchev–Trinajstić information content (AvgIpc) is 3.19. The molecule has 0 saturated carbocycles. The Labute approximate surface area is 178 Å². The Morgan fingerprint density at radius 1 is 1.14 bits per heavy atom. The number of carbonyl (C=O) groups is 1. The van der Waals surface area contributed by atoms with Crippen LogP contribution in [0.15, 0.2) is 73.7 Å². The van der Waals surface area contributed by atoms with Crippen molar-refractivity contribution in [2.24, 2.45) is 0 Å². The van der Waals surface area contributed by atoms with Crippen molar-refractivity contribution in [1.29, 1.82) is 0 Å². The minimum atomic E-state index is -0.375. The molecule has 0 aliphatic carbocycles. The van der Waals surface area contributed by atoms with Crippen molar-refractivity contribution in [3.8, 4) is 17.2 Å². The van der Waals surface area contributed by atoms with Crippen LogP contribution in [0.4, 0.5) is 0 Å². The summed E-state index contributed by atoms with van der Waals surface area (Å²) in [5.74, 6) is 0.911. The van der Waals surface area contributed by atoms with Crippen molar-refractivity contribution >= 4 is 44.2 Å². The van der Waals surface area contributed by atoms with Crippen molar-refractivity contribution in [2.45, 2.75) is 13.3 Å². The first-order valence-corrected chi connectivity index (χ1v) is 10.4. The van der Waals surface area contributed by atoms with Crippen LogP contribution in [-0.2, 0) is 11.2 Å². The minimum absolute atomic E-state index is 0.117. The molecule has 0 aliphatic rings. The van der Waals surface area contributed by atoms with E-state index in [1.807, 2.05) is 35.7 Å². The van der Waals surface area contributed by atoms with Gasteiger partial charge in [-0.05, 0) is 58.6 Å². The van der Waals surface area contributed by atoms with E-state index in [9.17, 15) is 9.59 Å². The van der Waals surface area contributed by atoms with Crippen molar-refractivity contribution in [3.63, 3.8) is 0 Å². The molecular weight excluding hydrogens is 456 g/mol. The molecule has 4 aromatic rings. The van der Waals surface area contributed by atoms with Crippen molar-refractivity contribution < 1.29 is 18.7 Å². The lowest BCUT2D eigenvalue weighted by Crippen LogP contribution is -2.11. The molecule has 2 aromatic carbocycles. The first-order chi connectivity index (χ1) is 14.0. The summed E-state index contributed by atoms with van der Waals surface area (Å²) in [6.07, 6.45) is 0.192. The lowest BCUT2D eigenvalue weighted by atomic mass is 10.2. The van der Waals surface area contributed by atoms with Crippen molar-refractivity contribution in [3.05, 3.63) is 85.3 Å². The molecule has 0 atom stereocenters. The molecule has 2 aromatic heterocycles. The zero-order valence-corrected chi connectivity index (χ0v) is 17.7. The van der Waals surface area contributed by atoms with E-state index in [1.54, 1.807) is 25.1 Å². The number of rotatable bonds is 5. The van der Waals surface area contributed by atoms with Gasteiger partial charge in [-0.3, -0.25) is 9.59 Å². The maximum atomic E-state index is 12.9. The molecule has 0 unspecified atom stereocenters. The van der Waals surface area contributed by atoms with Crippen LogP contribution in [0.25, 0.3) is 11.0 Å². The Kier molecular flexibility index (Phi) is 5.51. The van der Waals surface area contributed by atoms with E-state index in [0.29, 0.717) is 28.2 Å². The van der Waals surface area contributed by atoms with Gasteiger partial charge in [0.2, 0.25) is 11.2 Å². The van der Waals surface area contributed by atoms with E-state index in [1.165, 1.54) is 17.4 Å². The number of para-hydroxylation sites is 1. The van der Waals surface area contributed by atoms with Gasteiger partial charge < -0.3 is 13.9 Å². The fraction of sp³-hybridized carbons (Fsp3) is 0.0909. The zero-order chi connectivity index (χ0) is 20.4. The largest absolute Gasteiger partial charge is 0.457 e. The lowest BCUT2D eigenvalue weighted by molar-refractivity contribution is -0.133. The molecule has 29 heavy (non-hydrogen) atoms. The number of carbonyl (C=O) groups excluding carboxylic acids is 1. The fourth-order valence-electron chi connectivity index (χ4n) is 2.81. The highest BCUT2D eigenvalue weighted by Crippen LogP contribution is 2.31. The predicted octanol–water partition coefficient (Wildman–Crippen LogP) is 5.87. The third-order valence-electron chi connectivity index (χ3n) is 4.17. The molecule has 5 nitrogen and oxygen atoms in total. The zero-order valence-electron chi connectivity index (χ0n) is 15.3. The number of hydrogen-bond acceptors (Lipinski definition) is 6. The topological polar surface area (TPSA) is 65.7 Å². The number of halogens is 1. The van der Waals surface area contributed by atoms with E-state index in [0.717, 1.165) is 9.35 Å². The number of aryl methyl sites for hydroxylation is 1. The smallest absolute Gasteiger partial charge is 0.316 e. The highest BCUT2D eigenvalue weighted by atomic mass is 79.9. The number of thiophene rings is 1. The Morgan fingerprint density at radius 3 is 2.72 bits per heavy atom. The van der Waals surface area contributed by atoms with Crippen LogP contribution in [0, 0.1) is 6.92 Å². The summed E-state index contributed by atoms with van der Waals surface area (Å²) in [6.45, 7) is 1.66. The third-order valence-corrected chi connectivity index (χ3v) is 5.70. The van der Waals surface area contributed by atoms with Crippen LogP contribution in [0.2, 0.25) is 0 Å². The van der Waals surface area contributed by atoms with Crippen molar-refractivity contribution in [1.82, 2.24) is 0 Å². The standard InChI is InChI=1S/C22H15BrO5S/c1-13-22(28-18-7-3-2-6-17(18)23)21(25)16-9-8-14(11-19(16)26-13)27-20(24)12-15-5-4-10-29-15/h2-11H,12H2,1H3. The molecule has 0 bridgehead atoms. The van der Waals surface area contributed by atoms with Gasteiger partial charge >= 0.3 is 5.97 Å². The van der Waals surface area contributed by atoms with Crippen LogP contribution in [0.3, 0.4) is 0 Å². The predicted molar refractivity (Wildman–Crippen MR) is 115 cm³/mol. The van der Waals surface area contributed by atoms with E-state index in [4.69, 9.17) is 13.9 Å². The Morgan fingerprint density at radius 2 is 1.97 bits per heavy atom. The first kappa shape index (κ1) is 19.4. The molecule has 146 valence electrons. The summed E-state index contributed by atoms with van der Waals surface area (Å²) in [6, 6.07) is 15.7. The first-order valence-electron chi connectivity index (χ1n) is 8.74. The molecular formula is C22H15BrO5S. The summed E-state index contributed by atoms with van der Waals surface area (Å²) < 4.78 is 17.7. The van der Waals surface area contributed by atoms with Gasteiger partial charge in [0.25, 0.3) is 0 Å². The molecule has 0 fully saturated rings. The van der Waals surface area contributed by atoms with Gasteiger partial charge in [-0.1, -0.05) is 18.2 Å². The summed E-state index contributed by atoms with van der Waals surface area (Å²) in [5, 5.41) is 2.25. The second-order valence-corrected chi connectivity index (χ2v) is 8.12. The molecule has 0 saturated heterocycles. The summed E-state index contributed by atoms with van der Waals surface area (Å²) in [5.41, 5.74) is 0.0318. The Hall–Kier alpha value is -2.90. The summed E-state index contributed by atoms with van der Waals surface area (Å²) in [7, 11) is 0. The summed E-state index contributed by atoms with van der Waals surface area (Å²) >= 11 is 4.89. The van der Waals surface area contributed by atoms with Gasteiger partial charge in [0.05, 0.1) is 16.3 Å². The monoisotopic (exact) mass is 470 g/mol. The number of hydrogen-bond donors (Lipinski definition) is 0. The molecule has 0 amide bonds. The van der Waals surface area contributed by atoms with Crippen molar-refractivity contribution in [2.75, 3.05) is 0 Å². The quantitative estimate of drug-likeness (QED) is 0.269. The maximum absolute atomic E-state index is 12.9. The van der Waals surface area contributed by atoms with E-state index >= 15 is 0 Å². The number of esters is 1. The second kappa shape index (κ2) is 8.23. The molecule has 4 rings (SSSR count). The van der Waals surface area contributed by atoms with Gasteiger partial charge in [0, 0.05) is 10.9 Å². The average molecular weight is 471 g/mol. The highest BCUT2D eigenvalue weighted by Gasteiger charge is 2.16. The normalized spacial score (nSPS) is 10.8. The molecule has 7 heteroatoms. The van der Waals surface area contributed by atoms with Gasteiger partial charge in [-0.15, -0.1) is 11.3 Å². The fourth-order valence-corrected chi connectivity index (χ4v) is 3.87. The Balaban J connectivity index is 1.62. The molecule has 0 aliphatic heterocycles. The SMILES string of the molecule is Cc1oc2cc(OC(=O)Cc3cccs3)ccc2c(=O)c1Oc1ccccc1Br. The van der Waals surface area contributed by atoms with Gasteiger partial charge in [-0.25, -0.2) is 0 Å². The number of fused-ring (bicyclic) bond motifs is 1. The van der Waals surface area contributed by atoms with Crippen LogP contribution in [-0.4, -0.2) is 5.97 Å². The van der Waals surface area contributed by atoms with Crippen LogP contribution in [0.1, 0.15) is 10.6 Å². The minimum Gasteiger partial charge on any atom is -0.457 e. The number of benzene rings is 2. The maximum Gasteiger partial charge on any atom is 0.316 e. The van der Waals surface area contributed by atoms with Gasteiger partial charge in [0.15, 0.2) is 0 Å². The van der Waals surface area contributed by atoms with E-state index < -0.39 is 0 Å². The molecule has 2 heterocycles. The van der Waals surface area contributed by atoms with Crippen LogP contribution < -0.4 is 14.9 Å². The van der Waals surface area contributed by atoms with Crippen LogP contribution >= 0.6 is 27.3 Å². The Bertz CT molecular complexity index is 1240. The number of ether oxygens (including phenoxy) is 2. The van der Waals surface area contributed by atoms with Gasteiger partial charge in [-0.2, -0.15) is 0 Å². The third kappa shape index (κ3) is 4.26.